The number of fused-ring (bicyclic) bond motifs is 1. The number of carbonyl (C=O) groups is 1. The van der Waals surface area contributed by atoms with Gasteiger partial charge in [-0.1, -0.05) is 0 Å². The van der Waals surface area contributed by atoms with Gasteiger partial charge in [0.15, 0.2) is 0 Å². The molecular weight excluding hydrogens is 232 g/mol. The second-order valence-corrected chi connectivity index (χ2v) is 5.24. The zero-order chi connectivity index (χ0) is 12.6. The quantitative estimate of drug-likeness (QED) is 0.766. The summed E-state index contributed by atoms with van der Waals surface area (Å²) in [4.78, 5) is 21.4. The Morgan fingerprint density at radius 3 is 3.39 bits per heavy atom. The Morgan fingerprint density at radius 2 is 2.61 bits per heavy atom. The maximum Gasteiger partial charge on any atom is 0.232 e. The molecule has 3 rings (SSSR count). The Labute approximate surface area is 106 Å². The number of nitrogens with one attached hydrogen (secondary N) is 2. The number of amides is 1. The molecule has 2 saturated heterocycles. The van der Waals surface area contributed by atoms with E-state index in [0.717, 1.165) is 18.8 Å². The number of hydrogen-bond acceptors (Lipinski definition) is 4. The summed E-state index contributed by atoms with van der Waals surface area (Å²) in [7, 11) is 1.84. The number of imidazole rings is 1. The van der Waals surface area contributed by atoms with Gasteiger partial charge in [-0.05, 0) is 0 Å². The lowest BCUT2D eigenvalue weighted by atomic mass is 9.79. The van der Waals surface area contributed by atoms with E-state index in [1.807, 2.05) is 7.05 Å². The molecule has 98 valence electrons. The van der Waals surface area contributed by atoms with Gasteiger partial charge in [-0.3, -0.25) is 4.79 Å². The molecule has 0 saturated carbocycles. The number of aromatic amines is 1. The number of rotatable bonds is 3. The lowest BCUT2D eigenvalue weighted by molar-refractivity contribution is -0.141. The number of H-pyrrole nitrogens is 1. The molecular formula is C12H18N4O2. The summed E-state index contributed by atoms with van der Waals surface area (Å²) in [6.45, 7) is 3.40. The third-order valence-electron chi connectivity index (χ3n) is 4.03. The molecule has 18 heavy (non-hydrogen) atoms. The summed E-state index contributed by atoms with van der Waals surface area (Å²) in [6, 6.07) is 0. The Balaban J connectivity index is 1.73. The molecule has 0 radical (unpaired) electrons. The van der Waals surface area contributed by atoms with Crippen molar-refractivity contribution >= 4 is 5.91 Å². The second kappa shape index (κ2) is 4.37. The van der Waals surface area contributed by atoms with Crippen LogP contribution in [0, 0.1) is 11.3 Å². The van der Waals surface area contributed by atoms with Gasteiger partial charge in [0, 0.05) is 32.3 Å². The van der Waals surface area contributed by atoms with Crippen molar-refractivity contribution in [1.82, 2.24) is 20.2 Å². The molecule has 2 fully saturated rings. The maximum atomic E-state index is 12.6. The first kappa shape index (κ1) is 11.7. The molecule has 2 atom stereocenters. The van der Waals surface area contributed by atoms with Crippen LogP contribution in [0.3, 0.4) is 0 Å². The van der Waals surface area contributed by atoms with Gasteiger partial charge < -0.3 is 19.9 Å². The number of ether oxygens (including phenoxy) is 1. The van der Waals surface area contributed by atoms with Crippen LogP contribution in [0.25, 0.3) is 0 Å². The van der Waals surface area contributed by atoms with Crippen molar-refractivity contribution in [3.05, 3.63) is 18.2 Å². The van der Waals surface area contributed by atoms with Crippen molar-refractivity contribution in [2.45, 2.75) is 6.54 Å². The summed E-state index contributed by atoms with van der Waals surface area (Å²) in [6.07, 6.45) is 3.38. The average Bonchev–Trinajstić information content (AvgIpc) is 3.02. The van der Waals surface area contributed by atoms with E-state index in [4.69, 9.17) is 4.74 Å². The van der Waals surface area contributed by atoms with Gasteiger partial charge in [0.1, 0.15) is 0 Å². The van der Waals surface area contributed by atoms with Crippen molar-refractivity contribution in [3.8, 4) is 0 Å². The van der Waals surface area contributed by atoms with E-state index >= 15 is 0 Å². The summed E-state index contributed by atoms with van der Waals surface area (Å²) in [5.41, 5.74) is 0.595. The zero-order valence-electron chi connectivity index (χ0n) is 10.5. The predicted molar refractivity (Wildman–Crippen MR) is 64.7 cm³/mol. The van der Waals surface area contributed by atoms with Gasteiger partial charge in [0.05, 0.1) is 37.2 Å². The van der Waals surface area contributed by atoms with Crippen LogP contribution in [-0.4, -0.2) is 54.1 Å². The lowest BCUT2D eigenvalue weighted by Gasteiger charge is -2.30. The molecule has 1 amide bonds. The Kier molecular flexibility index (Phi) is 2.83. The topological polar surface area (TPSA) is 70.2 Å². The Bertz CT molecular complexity index is 421. The number of nitrogens with zero attached hydrogens (tertiary/aromatic N) is 2. The van der Waals surface area contributed by atoms with Crippen LogP contribution >= 0.6 is 0 Å². The summed E-state index contributed by atoms with van der Waals surface area (Å²) in [5.74, 6) is 0.485. The van der Waals surface area contributed by atoms with Crippen molar-refractivity contribution < 1.29 is 9.53 Å². The first-order valence-corrected chi connectivity index (χ1v) is 6.24. The molecule has 1 aromatic heterocycles. The Morgan fingerprint density at radius 1 is 1.72 bits per heavy atom. The van der Waals surface area contributed by atoms with E-state index in [1.54, 1.807) is 17.4 Å². The maximum absolute atomic E-state index is 12.6. The SMILES string of the molecule is CN(Cc1cnc[nH]1)C(=O)[C@]12CNC[C@H]1COC2. The molecule has 2 aliphatic heterocycles. The van der Waals surface area contributed by atoms with Crippen LogP contribution in [0.5, 0.6) is 0 Å². The molecule has 2 aliphatic rings. The molecule has 0 aromatic carbocycles. The fraction of sp³-hybridized carbons (Fsp3) is 0.667. The minimum atomic E-state index is -0.352. The fourth-order valence-electron chi connectivity index (χ4n) is 2.97. The van der Waals surface area contributed by atoms with Crippen LogP contribution in [0.15, 0.2) is 12.5 Å². The van der Waals surface area contributed by atoms with Gasteiger partial charge in [-0.15, -0.1) is 0 Å². The molecule has 6 heteroatoms. The van der Waals surface area contributed by atoms with E-state index in [9.17, 15) is 4.79 Å². The molecule has 6 nitrogen and oxygen atoms in total. The fourth-order valence-corrected chi connectivity index (χ4v) is 2.97. The van der Waals surface area contributed by atoms with Crippen LogP contribution in [0.4, 0.5) is 0 Å². The lowest BCUT2D eigenvalue weighted by Crippen LogP contribution is -2.46. The van der Waals surface area contributed by atoms with Gasteiger partial charge in [0.2, 0.25) is 5.91 Å². The minimum Gasteiger partial charge on any atom is -0.380 e. The van der Waals surface area contributed by atoms with Crippen molar-refractivity contribution in [3.63, 3.8) is 0 Å². The van der Waals surface area contributed by atoms with E-state index in [2.05, 4.69) is 15.3 Å². The van der Waals surface area contributed by atoms with E-state index in [0.29, 0.717) is 25.7 Å². The van der Waals surface area contributed by atoms with Gasteiger partial charge in [-0.25, -0.2) is 4.98 Å². The van der Waals surface area contributed by atoms with Crippen LogP contribution in [0.1, 0.15) is 5.69 Å². The van der Waals surface area contributed by atoms with Crippen LogP contribution in [0.2, 0.25) is 0 Å². The van der Waals surface area contributed by atoms with Crippen LogP contribution in [-0.2, 0) is 16.1 Å². The van der Waals surface area contributed by atoms with E-state index in [1.165, 1.54) is 0 Å². The molecule has 2 N–H and O–H groups in total. The van der Waals surface area contributed by atoms with Gasteiger partial charge >= 0.3 is 0 Å². The van der Waals surface area contributed by atoms with Gasteiger partial charge in [-0.2, -0.15) is 0 Å². The first-order valence-electron chi connectivity index (χ1n) is 6.24. The standard InChI is InChI=1S/C12H18N4O2/c1-16(4-10-3-14-8-15-10)11(17)12-6-13-2-9(12)5-18-7-12/h3,8-9,13H,2,4-7H2,1H3,(H,14,15)/t9-,12-/m0/s1. The molecule has 0 bridgehead atoms. The number of carbonyl (C=O) groups excluding carboxylic acids is 1. The normalized spacial score (nSPS) is 30.4. The van der Waals surface area contributed by atoms with Crippen LogP contribution < -0.4 is 5.32 Å². The molecule has 3 heterocycles. The molecule has 0 unspecified atom stereocenters. The predicted octanol–water partition coefficient (Wildman–Crippen LogP) is -0.396. The van der Waals surface area contributed by atoms with E-state index < -0.39 is 0 Å². The summed E-state index contributed by atoms with van der Waals surface area (Å²) < 4.78 is 5.51. The summed E-state index contributed by atoms with van der Waals surface area (Å²) >= 11 is 0. The minimum absolute atomic E-state index is 0.171. The van der Waals surface area contributed by atoms with Gasteiger partial charge in [0.25, 0.3) is 0 Å². The number of aromatic nitrogens is 2. The first-order chi connectivity index (χ1) is 8.72. The molecule has 0 aliphatic carbocycles. The largest absolute Gasteiger partial charge is 0.380 e. The molecule has 0 spiro atoms. The highest BCUT2D eigenvalue weighted by Crippen LogP contribution is 2.39. The third-order valence-corrected chi connectivity index (χ3v) is 4.03. The highest BCUT2D eigenvalue weighted by molar-refractivity contribution is 5.84. The van der Waals surface area contributed by atoms with Crippen molar-refractivity contribution in [2.24, 2.45) is 11.3 Å². The highest BCUT2D eigenvalue weighted by Gasteiger charge is 2.53. The summed E-state index contributed by atoms with van der Waals surface area (Å²) in [5, 5.41) is 3.31. The Hall–Kier alpha value is -1.40. The zero-order valence-corrected chi connectivity index (χ0v) is 10.5. The number of hydrogen-bond donors (Lipinski definition) is 2. The van der Waals surface area contributed by atoms with Crippen molar-refractivity contribution in [2.75, 3.05) is 33.4 Å². The third kappa shape index (κ3) is 1.72. The molecule has 1 aromatic rings. The highest BCUT2D eigenvalue weighted by atomic mass is 16.5. The smallest absolute Gasteiger partial charge is 0.232 e. The monoisotopic (exact) mass is 250 g/mol. The van der Waals surface area contributed by atoms with Crippen molar-refractivity contribution in [1.29, 1.82) is 0 Å². The average molecular weight is 250 g/mol. The second-order valence-electron chi connectivity index (χ2n) is 5.24. The van der Waals surface area contributed by atoms with E-state index in [-0.39, 0.29) is 11.3 Å².